The zero-order valence-electron chi connectivity index (χ0n) is 17.8. The fraction of sp³-hybridized carbons (Fsp3) is 0.192. The molecular formula is C26H25N2O4+. The van der Waals surface area contributed by atoms with Gasteiger partial charge in [0, 0.05) is 5.56 Å². The number of nitriles is 1. The smallest absolute Gasteiger partial charge is 0.305 e. The molecule has 0 aromatic heterocycles. The summed E-state index contributed by atoms with van der Waals surface area (Å²) in [6, 6.07) is 24.5. The van der Waals surface area contributed by atoms with E-state index in [1.807, 2.05) is 61.5 Å². The molecule has 1 unspecified atom stereocenters. The zero-order chi connectivity index (χ0) is 22.9. The number of nitrogens with zero attached hydrogens (tertiary/aromatic N) is 1. The molecule has 0 saturated carbocycles. The van der Waals surface area contributed by atoms with Gasteiger partial charge in [0.2, 0.25) is 5.71 Å². The SMILES string of the molecule is Cc1cccc(C(=[NH2+])COc2ccc(COc3ccc(C(C#N)CC(=O)O)cc3)cc2)c1. The van der Waals surface area contributed by atoms with Crippen LogP contribution in [0.2, 0.25) is 0 Å². The minimum atomic E-state index is -1.000. The molecule has 0 amide bonds. The predicted molar refractivity (Wildman–Crippen MR) is 121 cm³/mol. The van der Waals surface area contributed by atoms with Crippen molar-refractivity contribution in [3.8, 4) is 17.6 Å². The number of nitrogens with two attached hydrogens (primary N) is 1. The second-order valence-electron chi connectivity index (χ2n) is 7.46. The number of carbonyl (C=O) groups is 1. The summed E-state index contributed by atoms with van der Waals surface area (Å²) in [7, 11) is 0. The van der Waals surface area contributed by atoms with Crippen molar-refractivity contribution in [3.05, 3.63) is 95.1 Å². The van der Waals surface area contributed by atoms with Gasteiger partial charge in [-0.15, -0.1) is 0 Å². The van der Waals surface area contributed by atoms with Gasteiger partial charge in [-0.3, -0.25) is 10.2 Å². The van der Waals surface area contributed by atoms with Crippen LogP contribution in [0, 0.1) is 18.3 Å². The van der Waals surface area contributed by atoms with Crippen molar-refractivity contribution in [2.24, 2.45) is 0 Å². The lowest BCUT2D eigenvalue weighted by Crippen LogP contribution is -2.44. The topological polar surface area (TPSA) is 105 Å². The van der Waals surface area contributed by atoms with E-state index in [2.05, 4.69) is 0 Å². The number of rotatable bonds is 10. The maximum atomic E-state index is 10.9. The molecule has 162 valence electrons. The summed E-state index contributed by atoms with van der Waals surface area (Å²) in [6.45, 7) is 2.69. The molecule has 1 atom stereocenters. The Morgan fingerprint density at radius 1 is 1.03 bits per heavy atom. The Bertz CT molecular complexity index is 1120. The third-order valence-electron chi connectivity index (χ3n) is 4.93. The predicted octanol–water partition coefficient (Wildman–Crippen LogP) is 3.28. The molecule has 0 aliphatic heterocycles. The highest BCUT2D eigenvalue weighted by Crippen LogP contribution is 2.23. The van der Waals surface area contributed by atoms with Crippen molar-refractivity contribution < 1.29 is 24.8 Å². The third-order valence-corrected chi connectivity index (χ3v) is 4.93. The van der Waals surface area contributed by atoms with Crippen LogP contribution in [0.15, 0.2) is 72.8 Å². The Hall–Kier alpha value is -4.11. The maximum Gasteiger partial charge on any atom is 0.305 e. The first-order valence-electron chi connectivity index (χ1n) is 10.2. The van der Waals surface area contributed by atoms with Gasteiger partial charge in [0.05, 0.1) is 18.4 Å². The Kier molecular flexibility index (Phi) is 7.60. The van der Waals surface area contributed by atoms with E-state index in [0.29, 0.717) is 30.2 Å². The van der Waals surface area contributed by atoms with Crippen LogP contribution in [0.3, 0.4) is 0 Å². The van der Waals surface area contributed by atoms with E-state index in [1.165, 1.54) is 0 Å². The lowest BCUT2D eigenvalue weighted by atomic mass is 9.97. The van der Waals surface area contributed by atoms with Crippen LogP contribution in [0.1, 0.15) is 34.6 Å². The highest BCUT2D eigenvalue weighted by Gasteiger charge is 2.14. The summed E-state index contributed by atoms with van der Waals surface area (Å²) in [5.41, 5.74) is 4.41. The molecule has 3 rings (SSSR count). The fourth-order valence-corrected chi connectivity index (χ4v) is 3.15. The van der Waals surface area contributed by atoms with E-state index in [4.69, 9.17) is 25.3 Å². The lowest BCUT2D eigenvalue weighted by Gasteiger charge is -2.10. The minimum absolute atomic E-state index is 0.223. The Morgan fingerprint density at radius 2 is 1.69 bits per heavy atom. The van der Waals surface area contributed by atoms with Crippen molar-refractivity contribution in [2.45, 2.75) is 25.9 Å². The molecule has 3 aromatic carbocycles. The van der Waals surface area contributed by atoms with E-state index in [-0.39, 0.29) is 6.42 Å². The average Bonchev–Trinajstić information content (AvgIpc) is 2.80. The highest BCUT2D eigenvalue weighted by molar-refractivity contribution is 5.97. The van der Waals surface area contributed by atoms with Crippen molar-refractivity contribution in [3.63, 3.8) is 0 Å². The zero-order valence-corrected chi connectivity index (χ0v) is 17.8. The summed E-state index contributed by atoms with van der Waals surface area (Å²) in [5.74, 6) is -0.317. The second kappa shape index (κ2) is 10.8. The molecule has 0 spiro atoms. The molecule has 0 radical (unpaired) electrons. The van der Waals surface area contributed by atoms with Crippen LogP contribution < -0.4 is 14.9 Å². The van der Waals surface area contributed by atoms with Crippen LogP contribution in [-0.4, -0.2) is 23.4 Å². The first-order chi connectivity index (χ1) is 15.4. The van der Waals surface area contributed by atoms with Gasteiger partial charge < -0.3 is 14.6 Å². The number of carboxylic acid groups (broad SMARTS) is 1. The number of aryl methyl sites for hydroxylation is 1. The summed E-state index contributed by atoms with van der Waals surface area (Å²) >= 11 is 0. The van der Waals surface area contributed by atoms with Crippen LogP contribution in [0.5, 0.6) is 11.5 Å². The summed E-state index contributed by atoms with van der Waals surface area (Å²) in [6.07, 6.45) is -0.223. The third kappa shape index (κ3) is 6.44. The van der Waals surface area contributed by atoms with Gasteiger partial charge in [0.25, 0.3) is 0 Å². The van der Waals surface area contributed by atoms with Crippen LogP contribution in [-0.2, 0) is 11.4 Å². The molecule has 6 heteroatoms. The van der Waals surface area contributed by atoms with Crippen LogP contribution in [0.4, 0.5) is 0 Å². The molecule has 0 heterocycles. The molecule has 32 heavy (non-hydrogen) atoms. The number of ether oxygens (including phenoxy) is 2. The van der Waals surface area contributed by atoms with Gasteiger partial charge in [-0.05, 0) is 54.4 Å². The average molecular weight is 429 g/mol. The van der Waals surface area contributed by atoms with Crippen LogP contribution >= 0.6 is 0 Å². The van der Waals surface area contributed by atoms with E-state index in [9.17, 15) is 4.79 Å². The second-order valence-corrected chi connectivity index (χ2v) is 7.46. The van der Waals surface area contributed by atoms with Gasteiger partial charge in [-0.2, -0.15) is 5.26 Å². The van der Waals surface area contributed by atoms with E-state index < -0.39 is 11.9 Å². The van der Waals surface area contributed by atoms with Gasteiger partial charge in [-0.25, -0.2) is 0 Å². The van der Waals surface area contributed by atoms with Gasteiger partial charge in [0.1, 0.15) is 18.1 Å². The van der Waals surface area contributed by atoms with E-state index in [0.717, 1.165) is 22.4 Å². The Balaban J connectivity index is 1.50. The normalized spacial score (nSPS) is 11.2. The Morgan fingerprint density at radius 3 is 2.31 bits per heavy atom. The summed E-state index contributed by atoms with van der Waals surface area (Å²) in [4.78, 5) is 10.9. The number of hydrogen-bond acceptors (Lipinski definition) is 4. The number of aliphatic carboxylic acids is 1. The van der Waals surface area contributed by atoms with Crippen molar-refractivity contribution >= 4 is 11.7 Å². The molecule has 0 saturated heterocycles. The maximum absolute atomic E-state index is 10.9. The quantitative estimate of drug-likeness (QED) is 0.481. The molecule has 3 N–H and O–H groups in total. The largest absolute Gasteiger partial charge is 0.489 e. The number of hydrogen-bond donors (Lipinski definition) is 2. The molecule has 0 aliphatic carbocycles. The first-order valence-corrected chi connectivity index (χ1v) is 10.2. The molecular weight excluding hydrogens is 404 g/mol. The molecule has 6 nitrogen and oxygen atoms in total. The van der Waals surface area contributed by atoms with E-state index >= 15 is 0 Å². The van der Waals surface area contributed by atoms with Crippen molar-refractivity contribution in [1.29, 1.82) is 5.26 Å². The first kappa shape index (κ1) is 22.6. The van der Waals surface area contributed by atoms with Gasteiger partial charge in [0.15, 0.2) is 6.61 Å². The molecule has 0 fully saturated rings. The van der Waals surface area contributed by atoms with Crippen LogP contribution in [0.25, 0.3) is 0 Å². The molecule has 3 aromatic rings. The number of carboxylic acids is 1. The Labute approximate surface area is 187 Å². The van der Waals surface area contributed by atoms with Crippen molar-refractivity contribution in [1.82, 2.24) is 0 Å². The van der Waals surface area contributed by atoms with E-state index in [1.54, 1.807) is 24.3 Å². The summed E-state index contributed by atoms with van der Waals surface area (Å²) in [5, 5.41) is 24.2. The number of benzene rings is 3. The van der Waals surface area contributed by atoms with Gasteiger partial charge >= 0.3 is 5.97 Å². The van der Waals surface area contributed by atoms with Gasteiger partial charge in [-0.1, -0.05) is 42.0 Å². The minimum Gasteiger partial charge on any atom is -0.489 e. The fourth-order valence-electron chi connectivity index (χ4n) is 3.15. The molecule has 0 bridgehead atoms. The highest BCUT2D eigenvalue weighted by atomic mass is 16.5. The van der Waals surface area contributed by atoms with Crippen molar-refractivity contribution in [2.75, 3.05) is 6.61 Å². The monoisotopic (exact) mass is 429 g/mol. The standard InChI is InChI=1S/C26H24N2O4/c1-18-3-2-4-21(13-18)25(28)17-32-23-9-5-19(6-10-23)16-31-24-11-7-20(8-12-24)22(15-27)14-26(29)30/h2-13,22,28H,14,16-17H2,1H3,(H,29,30)/p+1. The summed E-state index contributed by atoms with van der Waals surface area (Å²) < 4.78 is 11.6. The lowest BCUT2D eigenvalue weighted by molar-refractivity contribution is -0.137. The molecule has 0 aliphatic rings.